The highest BCUT2D eigenvalue weighted by Crippen LogP contribution is 2.26. The monoisotopic (exact) mass is 393 g/mol. The molecule has 28 heavy (non-hydrogen) atoms. The number of nitrogens with zero attached hydrogens (tertiary/aromatic N) is 3. The Morgan fingerprint density at radius 1 is 1.29 bits per heavy atom. The highest BCUT2D eigenvalue weighted by atomic mass is 32.1. The zero-order chi connectivity index (χ0) is 18.9. The molecule has 0 aliphatic carbocycles. The number of likely N-dealkylation sites (tertiary alicyclic amines) is 1. The van der Waals surface area contributed by atoms with Crippen LogP contribution in [0.4, 0.5) is 0 Å². The maximum Gasteiger partial charge on any atom is 0.289 e. The molecule has 3 aromatic heterocycles. The number of rotatable bonds is 4. The standard InChI is InChI=1S/C21H19N3O3S/c25-21(18-11-15-5-1-2-6-17(15)26-18)24-8-3-4-14(12-24)10-19-22-20(23-27-19)16-7-9-28-13-16/h1-2,5-7,9,11,13-14H,3-4,8,10,12H2. The topological polar surface area (TPSA) is 72.4 Å². The average molecular weight is 393 g/mol. The van der Waals surface area contributed by atoms with Gasteiger partial charge in [-0.05, 0) is 42.3 Å². The molecule has 1 unspecified atom stereocenters. The minimum absolute atomic E-state index is 0.0506. The molecule has 0 bridgehead atoms. The minimum Gasteiger partial charge on any atom is -0.451 e. The van der Waals surface area contributed by atoms with Gasteiger partial charge < -0.3 is 13.8 Å². The van der Waals surface area contributed by atoms with Crippen LogP contribution in [0.1, 0.15) is 29.3 Å². The largest absolute Gasteiger partial charge is 0.451 e. The van der Waals surface area contributed by atoms with Gasteiger partial charge in [-0.3, -0.25) is 4.79 Å². The second-order valence-corrected chi connectivity index (χ2v) is 7.92. The number of piperidine rings is 1. The first kappa shape index (κ1) is 17.2. The van der Waals surface area contributed by atoms with E-state index in [-0.39, 0.29) is 5.91 Å². The summed E-state index contributed by atoms with van der Waals surface area (Å²) in [6.45, 7) is 1.42. The van der Waals surface area contributed by atoms with Crippen molar-refractivity contribution in [2.75, 3.05) is 13.1 Å². The minimum atomic E-state index is -0.0506. The molecule has 0 saturated carbocycles. The Bertz CT molecular complexity index is 1070. The van der Waals surface area contributed by atoms with Crippen LogP contribution < -0.4 is 0 Å². The number of para-hydroxylation sites is 1. The molecule has 4 heterocycles. The Hall–Kier alpha value is -2.93. The lowest BCUT2D eigenvalue weighted by Crippen LogP contribution is -2.40. The number of hydrogen-bond donors (Lipinski definition) is 0. The van der Waals surface area contributed by atoms with Crippen LogP contribution >= 0.6 is 11.3 Å². The third-order valence-corrected chi connectivity index (χ3v) is 5.84. The van der Waals surface area contributed by atoms with Gasteiger partial charge in [-0.25, -0.2) is 0 Å². The number of fused-ring (bicyclic) bond motifs is 1. The van der Waals surface area contributed by atoms with Crippen molar-refractivity contribution in [3.8, 4) is 11.4 Å². The van der Waals surface area contributed by atoms with E-state index in [1.165, 1.54) is 0 Å². The molecule has 1 fully saturated rings. The summed E-state index contributed by atoms with van der Waals surface area (Å²) in [5, 5.41) is 9.02. The van der Waals surface area contributed by atoms with Crippen LogP contribution in [-0.2, 0) is 6.42 Å². The molecule has 0 spiro atoms. The SMILES string of the molecule is O=C(c1cc2ccccc2o1)N1CCCC(Cc2nc(-c3ccsc3)no2)C1. The zero-order valence-electron chi connectivity index (χ0n) is 15.2. The summed E-state index contributed by atoms with van der Waals surface area (Å²) in [7, 11) is 0. The van der Waals surface area contributed by atoms with Crippen LogP contribution in [-0.4, -0.2) is 34.0 Å². The maximum absolute atomic E-state index is 12.9. The highest BCUT2D eigenvalue weighted by molar-refractivity contribution is 7.08. The van der Waals surface area contributed by atoms with Crippen molar-refractivity contribution in [2.45, 2.75) is 19.3 Å². The third kappa shape index (κ3) is 3.33. The van der Waals surface area contributed by atoms with E-state index in [0.717, 1.165) is 35.9 Å². The van der Waals surface area contributed by atoms with Gasteiger partial charge in [-0.15, -0.1) is 0 Å². The Morgan fingerprint density at radius 2 is 2.21 bits per heavy atom. The zero-order valence-corrected chi connectivity index (χ0v) is 16.0. The second-order valence-electron chi connectivity index (χ2n) is 7.14. The maximum atomic E-state index is 12.9. The summed E-state index contributed by atoms with van der Waals surface area (Å²) in [5.74, 6) is 1.91. The van der Waals surface area contributed by atoms with E-state index < -0.39 is 0 Å². The Morgan fingerprint density at radius 3 is 3.07 bits per heavy atom. The van der Waals surface area contributed by atoms with E-state index in [1.54, 1.807) is 11.3 Å². The lowest BCUT2D eigenvalue weighted by atomic mass is 9.94. The summed E-state index contributed by atoms with van der Waals surface area (Å²) < 4.78 is 11.2. The number of thiophene rings is 1. The quantitative estimate of drug-likeness (QED) is 0.505. The van der Waals surface area contributed by atoms with Crippen molar-refractivity contribution in [3.05, 3.63) is 58.8 Å². The Kier molecular flexibility index (Phi) is 4.44. The van der Waals surface area contributed by atoms with Gasteiger partial charge in [-0.1, -0.05) is 23.4 Å². The molecule has 0 radical (unpaired) electrons. The van der Waals surface area contributed by atoms with E-state index in [0.29, 0.717) is 36.4 Å². The summed E-state index contributed by atoms with van der Waals surface area (Å²) in [6, 6.07) is 11.5. The van der Waals surface area contributed by atoms with Gasteiger partial charge in [-0.2, -0.15) is 16.3 Å². The van der Waals surface area contributed by atoms with Crippen LogP contribution in [0.2, 0.25) is 0 Å². The van der Waals surface area contributed by atoms with Gasteiger partial charge >= 0.3 is 0 Å². The van der Waals surface area contributed by atoms with Crippen LogP contribution in [0.5, 0.6) is 0 Å². The van der Waals surface area contributed by atoms with Crippen molar-refractivity contribution in [3.63, 3.8) is 0 Å². The fourth-order valence-electron chi connectivity index (χ4n) is 3.75. The fourth-order valence-corrected chi connectivity index (χ4v) is 4.39. The molecule has 1 amide bonds. The molecule has 1 aromatic carbocycles. The predicted molar refractivity (Wildman–Crippen MR) is 106 cm³/mol. The van der Waals surface area contributed by atoms with Gasteiger partial charge in [0.05, 0.1) is 0 Å². The van der Waals surface area contributed by atoms with Gasteiger partial charge in [0.15, 0.2) is 5.76 Å². The number of carbonyl (C=O) groups is 1. The van der Waals surface area contributed by atoms with E-state index in [9.17, 15) is 4.79 Å². The molecule has 5 rings (SSSR count). The number of amides is 1. The lowest BCUT2D eigenvalue weighted by Gasteiger charge is -2.31. The third-order valence-electron chi connectivity index (χ3n) is 5.15. The summed E-state index contributed by atoms with van der Waals surface area (Å²) in [6.07, 6.45) is 2.68. The fraction of sp³-hybridized carbons (Fsp3) is 0.286. The van der Waals surface area contributed by atoms with Crippen molar-refractivity contribution in [2.24, 2.45) is 5.92 Å². The van der Waals surface area contributed by atoms with Crippen molar-refractivity contribution in [1.82, 2.24) is 15.0 Å². The highest BCUT2D eigenvalue weighted by Gasteiger charge is 2.28. The second kappa shape index (κ2) is 7.24. The van der Waals surface area contributed by atoms with Crippen LogP contribution in [0, 0.1) is 5.92 Å². The van der Waals surface area contributed by atoms with Crippen LogP contribution in [0.3, 0.4) is 0 Å². The molecule has 0 N–H and O–H groups in total. The van der Waals surface area contributed by atoms with E-state index in [4.69, 9.17) is 8.94 Å². The van der Waals surface area contributed by atoms with Gasteiger partial charge in [0.2, 0.25) is 11.7 Å². The molecular weight excluding hydrogens is 374 g/mol. The molecule has 1 aliphatic rings. The first-order chi connectivity index (χ1) is 13.8. The number of carbonyl (C=O) groups excluding carboxylic acids is 1. The molecule has 7 heteroatoms. The summed E-state index contributed by atoms with van der Waals surface area (Å²) in [4.78, 5) is 19.3. The number of aromatic nitrogens is 2. The molecular formula is C21H19N3O3S. The lowest BCUT2D eigenvalue weighted by molar-refractivity contribution is 0.0638. The summed E-state index contributed by atoms with van der Waals surface area (Å²) >= 11 is 1.61. The molecule has 4 aromatic rings. The molecule has 1 saturated heterocycles. The van der Waals surface area contributed by atoms with E-state index >= 15 is 0 Å². The van der Waals surface area contributed by atoms with Crippen LogP contribution in [0.15, 0.2) is 56.1 Å². The Balaban J connectivity index is 1.27. The first-order valence-electron chi connectivity index (χ1n) is 9.39. The normalized spacial score (nSPS) is 17.3. The van der Waals surface area contributed by atoms with Gasteiger partial charge in [0, 0.05) is 35.8 Å². The van der Waals surface area contributed by atoms with Crippen LogP contribution in [0.25, 0.3) is 22.4 Å². The first-order valence-corrected chi connectivity index (χ1v) is 10.3. The molecule has 6 nitrogen and oxygen atoms in total. The van der Waals surface area contributed by atoms with Gasteiger partial charge in [0.1, 0.15) is 5.58 Å². The molecule has 1 aliphatic heterocycles. The average Bonchev–Trinajstić information content (AvgIpc) is 3.47. The van der Waals surface area contributed by atoms with Crippen molar-refractivity contribution >= 4 is 28.2 Å². The summed E-state index contributed by atoms with van der Waals surface area (Å²) in [5.41, 5.74) is 1.72. The predicted octanol–water partition coefficient (Wildman–Crippen LogP) is 4.64. The van der Waals surface area contributed by atoms with Gasteiger partial charge in [0.25, 0.3) is 5.91 Å². The van der Waals surface area contributed by atoms with Crippen molar-refractivity contribution in [1.29, 1.82) is 0 Å². The number of hydrogen-bond acceptors (Lipinski definition) is 6. The smallest absolute Gasteiger partial charge is 0.289 e. The van der Waals surface area contributed by atoms with Crippen molar-refractivity contribution < 1.29 is 13.7 Å². The Labute approximate surface area is 165 Å². The molecule has 142 valence electrons. The number of furan rings is 1. The van der Waals surface area contributed by atoms with E-state index in [1.807, 2.05) is 52.1 Å². The number of benzene rings is 1. The molecule has 1 atom stereocenters. The van der Waals surface area contributed by atoms with E-state index in [2.05, 4.69) is 10.1 Å².